The molecule has 1 fully saturated rings. The van der Waals surface area contributed by atoms with Crippen LogP contribution >= 0.6 is 0 Å². The maximum Gasteiger partial charge on any atom is 0.313 e. The van der Waals surface area contributed by atoms with Crippen molar-refractivity contribution in [3.8, 4) is 5.75 Å². The van der Waals surface area contributed by atoms with Crippen LogP contribution < -0.4 is 10.6 Å². The fourth-order valence-electron chi connectivity index (χ4n) is 5.82. The number of carbonyl (C=O) groups excluding carboxylic acids is 3. The Morgan fingerprint density at radius 2 is 1.81 bits per heavy atom. The largest absolute Gasteiger partial charge is 0.508 e. The molecule has 13 heteroatoms. The monoisotopic (exact) mass is 502 g/mol. The van der Waals surface area contributed by atoms with Gasteiger partial charge in [0.2, 0.25) is 11.5 Å². The Bertz CT molecular complexity index is 1310. The number of hydrogen-bond acceptors (Lipinski definition) is 11. The van der Waals surface area contributed by atoms with Gasteiger partial charge in [-0.05, 0) is 38.4 Å². The highest BCUT2D eigenvalue weighted by molar-refractivity contribution is 6.24. The number of carbonyl (C=O) groups is 3. The molecule has 6 N–H and O–H groups in total. The summed E-state index contributed by atoms with van der Waals surface area (Å²) in [5, 5.41) is 55.8. The van der Waals surface area contributed by atoms with Crippen molar-refractivity contribution < 1.29 is 39.7 Å². The number of nitrogens with zero attached hydrogens (tertiary/aromatic N) is 3. The zero-order chi connectivity index (χ0) is 27.0. The standard InChI is InChI=1S/C23H26N4O9/c1-25(2)11-7-12(27(35)36)17(28)14-9(11)5-8-6-10-16(26(3)4)19(30)15(22(24)33)21(32)23(10,34)20(31)13(8)18(14)29/h7-8,10,16,28-29,32,34H,5-6H2,1-4H3,(H2,24,33)/t8-,10-,16+,23-/m1/s1. The third-order valence-electron chi connectivity index (χ3n) is 7.36. The van der Waals surface area contributed by atoms with Crippen LogP contribution in [0, 0.1) is 22.0 Å². The maximum absolute atomic E-state index is 13.8. The number of fused-ring (bicyclic) bond motifs is 3. The summed E-state index contributed by atoms with van der Waals surface area (Å²) in [6, 6.07) is -0.0329. The number of nitro benzene ring substituents is 1. The molecular formula is C23H26N4O9. The Hall–Kier alpha value is -3.97. The van der Waals surface area contributed by atoms with Crippen molar-refractivity contribution in [3.05, 3.63) is 44.2 Å². The molecule has 0 unspecified atom stereocenters. The van der Waals surface area contributed by atoms with E-state index in [2.05, 4.69) is 0 Å². The number of amides is 1. The van der Waals surface area contributed by atoms with Crippen LogP contribution in [0.1, 0.15) is 17.5 Å². The van der Waals surface area contributed by atoms with Gasteiger partial charge in [0.1, 0.15) is 17.1 Å². The number of anilines is 1. The van der Waals surface area contributed by atoms with E-state index in [4.69, 9.17) is 5.73 Å². The minimum atomic E-state index is -2.77. The van der Waals surface area contributed by atoms with Gasteiger partial charge in [-0.15, -0.1) is 0 Å². The molecule has 0 heterocycles. The summed E-state index contributed by atoms with van der Waals surface area (Å²) in [6.07, 6.45) is -0.0377. The lowest BCUT2D eigenvalue weighted by Crippen LogP contribution is -2.65. The number of aliphatic hydroxyl groups is 3. The van der Waals surface area contributed by atoms with Crippen LogP contribution in [-0.2, 0) is 20.8 Å². The Morgan fingerprint density at radius 3 is 2.31 bits per heavy atom. The lowest BCUT2D eigenvalue weighted by Gasteiger charge is -2.50. The Kier molecular flexibility index (Phi) is 5.61. The van der Waals surface area contributed by atoms with E-state index in [1.54, 1.807) is 19.0 Å². The van der Waals surface area contributed by atoms with E-state index in [1.165, 1.54) is 19.0 Å². The summed E-state index contributed by atoms with van der Waals surface area (Å²) in [5.41, 5.74) is 0.875. The normalized spacial score (nSPS) is 27.6. The first kappa shape index (κ1) is 25.1. The first-order valence-electron chi connectivity index (χ1n) is 11.0. The smallest absolute Gasteiger partial charge is 0.313 e. The molecule has 1 amide bonds. The van der Waals surface area contributed by atoms with Crippen LogP contribution in [0.5, 0.6) is 5.75 Å². The summed E-state index contributed by atoms with van der Waals surface area (Å²) in [6.45, 7) is 0. The van der Waals surface area contributed by atoms with Crippen LogP contribution in [0.15, 0.2) is 23.0 Å². The number of phenolic OH excluding ortho intramolecular Hbond substituents is 1. The highest BCUT2D eigenvalue weighted by atomic mass is 16.6. The minimum Gasteiger partial charge on any atom is -0.508 e. The van der Waals surface area contributed by atoms with Gasteiger partial charge in [-0.2, -0.15) is 0 Å². The summed E-state index contributed by atoms with van der Waals surface area (Å²) in [5.74, 6) is -8.16. The number of aromatic hydroxyl groups is 1. The molecule has 1 aromatic rings. The van der Waals surface area contributed by atoms with Crippen LogP contribution in [0.3, 0.4) is 0 Å². The number of nitro groups is 1. The molecule has 3 aliphatic rings. The number of phenols is 1. The van der Waals surface area contributed by atoms with E-state index in [0.29, 0.717) is 11.3 Å². The summed E-state index contributed by atoms with van der Waals surface area (Å²) in [4.78, 5) is 52.5. The summed E-state index contributed by atoms with van der Waals surface area (Å²) >= 11 is 0. The molecule has 192 valence electrons. The van der Waals surface area contributed by atoms with Gasteiger partial charge in [0.15, 0.2) is 11.4 Å². The number of likely N-dealkylation sites (N-methyl/N-ethyl adjacent to an activating group) is 1. The molecule has 0 spiro atoms. The number of primary amides is 1. The fraction of sp³-hybridized carbons (Fsp3) is 0.435. The zero-order valence-electron chi connectivity index (χ0n) is 20.0. The average Bonchev–Trinajstić information content (AvgIpc) is 2.75. The van der Waals surface area contributed by atoms with Gasteiger partial charge in [-0.3, -0.25) is 29.4 Å². The second kappa shape index (κ2) is 8.03. The molecule has 0 aromatic heterocycles. The predicted molar refractivity (Wildman–Crippen MR) is 125 cm³/mol. The highest BCUT2D eigenvalue weighted by Gasteiger charge is 2.64. The Morgan fingerprint density at radius 1 is 1.19 bits per heavy atom. The van der Waals surface area contributed by atoms with Crippen molar-refractivity contribution in [2.75, 3.05) is 33.1 Å². The average molecular weight is 502 g/mol. The van der Waals surface area contributed by atoms with E-state index in [9.17, 15) is 44.9 Å². The second-order valence-corrected chi connectivity index (χ2v) is 9.73. The Labute approximate surface area is 204 Å². The van der Waals surface area contributed by atoms with Crippen LogP contribution in [0.4, 0.5) is 11.4 Å². The first-order chi connectivity index (χ1) is 16.7. The fourth-order valence-corrected chi connectivity index (χ4v) is 5.82. The van der Waals surface area contributed by atoms with Gasteiger partial charge in [0, 0.05) is 37.3 Å². The molecule has 0 aliphatic heterocycles. The lowest BCUT2D eigenvalue weighted by molar-refractivity contribution is -0.385. The van der Waals surface area contributed by atoms with Crippen molar-refractivity contribution in [1.29, 1.82) is 0 Å². The van der Waals surface area contributed by atoms with Crippen molar-refractivity contribution >= 4 is 34.6 Å². The molecule has 4 rings (SSSR count). The number of rotatable bonds is 4. The SMILES string of the molecule is CN(C)c1cc([N+](=O)[O-])c(O)c2c1C[C@@H]1C[C@@H]3[C@H](N(C)C)C(=O)C(C(N)=O)=C(O)[C@]3(O)C(=O)C1=C2O. The molecule has 1 aromatic carbocycles. The number of hydrogen-bond donors (Lipinski definition) is 5. The number of aliphatic hydroxyl groups excluding tert-OH is 2. The quantitative estimate of drug-likeness (QED) is 0.209. The molecule has 36 heavy (non-hydrogen) atoms. The van der Waals surface area contributed by atoms with E-state index in [-0.39, 0.29) is 24.0 Å². The van der Waals surface area contributed by atoms with E-state index < -0.39 is 74.4 Å². The minimum absolute atomic E-state index is 0.0353. The lowest BCUT2D eigenvalue weighted by atomic mass is 9.57. The van der Waals surface area contributed by atoms with Gasteiger partial charge >= 0.3 is 5.69 Å². The molecule has 4 atom stereocenters. The summed E-state index contributed by atoms with van der Waals surface area (Å²) in [7, 11) is 6.25. The molecular weight excluding hydrogens is 476 g/mol. The predicted octanol–water partition coefficient (Wildman–Crippen LogP) is -0.0618. The molecule has 13 nitrogen and oxygen atoms in total. The van der Waals surface area contributed by atoms with E-state index in [0.717, 1.165) is 6.07 Å². The zero-order valence-corrected chi connectivity index (χ0v) is 20.0. The number of Topliss-reactive ketones (excluding diaryl/α,β-unsaturated/α-hetero) is 2. The van der Waals surface area contributed by atoms with Gasteiger partial charge in [0.05, 0.1) is 16.5 Å². The summed E-state index contributed by atoms with van der Waals surface area (Å²) < 4.78 is 0. The third kappa shape index (κ3) is 3.12. The molecule has 0 bridgehead atoms. The van der Waals surface area contributed by atoms with Crippen molar-refractivity contribution in [2.45, 2.75) is 24.5 Å². The van der Waals surface area contributed by atoms with Gasteiger partial charge in [0.25, 0.3) is 5.91 Å². The number of ketones is 2. The van der Waals surface area contributed by atoms with Crippen LogP contribution in [0.2, 0.25) is 0 Å². The first-order valence-corrected chi connectivity index (χ1v) is 11.0. The van der Waals surface area contributed by atoms with Gasteiger partial charge < -0.3 is 31.1 Å². The second-order valence-electron chi connectivity index (χ2n) is 9.73. The topological polar surface area (TPSA) is 208 Å². The van der Waals surface area contributed by atoms with E-state index in [1.807, 2.05) is 0 Å². The molecule has 3 aliphatic carbocycles. The molecule has 0 saturated heterocycles. The van der Waals surface area contributed by atoms with E-state index >= 15 is 0 Å². The van der Waals surface area contributed by atoms with Crippen molar-refractivity contribution in [2.24, 2.45) is 17.6 Å². The van der Waals surface area contributed by atoms with Crippen LogP contribution in [0.25, 0.3) is 5.76 Å². The highest BCUT2D eigenvalue weighted by Crippen LogP contribution is 2.54. The third-order valence-corrected chi connectivity index (χ3v) is 7.36. The number of benzene rings is 1. The molecule has 0 radical (unpaired) electrons. The van der Waals surface area contributed by atoms with Crippen molar-refractivity contribution in [3.63, 3.8) is 0 Å². The van der Waals surface area contributed by atoms with Gasteiger partial charge in [-0.25, -0.2) is 0 Å². The number of nitrogens with two attached hydrogens (primary N) is 1. The molecule has 1 saturated carbocycles. The van der Waals surface area contributed by atoms with Gasteiger partial charge in [-0.1, -0.05) is 0 Å². The van der Waals surface area contributed by atoms with Crippen molar-refractivity contribution in [1.82, 2.24) is 4.90 Å². The Balaban J connectivity index is 2.03. The van der Waals surface area contributed by atoms with Crippen LogP contribution in [-0.4, -0.2) is 87.6 Å². The maximum atomic E-state index is 13.8.